The highest BCUT2D eigenvalue weighted by molar-refractivity contribution is 8.00. The van der Waals surface area contributed by atoms with Gasteiger partial charge in [-0.3, -0.25) is 4.79 Å². The third-order valence-electron chi connectivity index (χ3n) is 2.97. The van der Waals surface area contributed by atoms with Crippen LogP contribution < -0.4 is 0 Å². The first kappa shape index (κ1) is 14.0. The van der Waals surface area contributed by atoms with Crippen molar-refractivity contribution >= 4 is 40.9 Å². The second-order valence-electron chi connectivity index (χ2n) is 4.28. The van der Waals surface area contributed by atoms with Gasteiger partial charge in [0.15, 0.2) is 0 Å². The highest BCUT2D eigenvalue weighted by atomic mass is 35.5. The van der Waals surface area contributed by atoms with Gasteiger partial charge in [-0.15, -0.1) is 11.8 Å². The third-order valence-corrected chi connectivity index (χ3v) is 4.94. The number of carbonyl (C=O) groups excluding carboxylic acids is 1. The van der Waals surface area contributed by atoms with Crippen molar-refractivity contribution in [2.75, 3.05) is 18.8 Å². The Morgan fingerprint density at radius 3 is 2.39 bits per heavy atom. The SMILES string of the molecule is O=C(CSc1c(Cl)cccc1Cl)N1CCCCC1. The Labute approximate surface area is 122 Å². The van der Waals surface area contributed by atoms with Crippen LogP contribution in [0.25, 0.3) is 0 Å². The topological polar surface area (TPSA) is 20.3 Å². The summed E-state index contributed by atoms with van der Waals surface area (Å²) in [5.74, 6) is 0.583. The summed E-state index contributed by atoms with van der Waals surface area (Å²) in [7, 11) is 0. The first-order valence-electron chi connectivity index (χ1n) is 6.03. The van der Waals surface area contributed by atoms with Gasteiger partial charge >= 0.3 is 0 Å². The van der Waals surface area contributed by atoms with E-state index in [0.29, 0.717) is 15.8 Å². The van der Waals surface area contributed by atoms with E-state index in [9.17, 15) is 4.79 Å². The van der Waals surface area contributed by atoms with Crippen molar-refractivity contribution in [1.82, 2.24) is 4.90 Å². The Hall–Kier alpha value is -0.380. The highest BCUT2D eigenvalue weighted by Gasteiger charge is 2.17. The van der Waals surface area contributed by atoms with Crippen LogP contribution in [0.15, 0.2) is 23.1 Å². The minimum atomic E-state index is 0.177. The number of amides is 1. The lowest BCUT2D eigenvalue weighted by atomic mass is 10.1. The predicted molar refractivity (Wildman–Crippen MR) is 77.6 cm³/mol. The second-order valence-corrected chi connectivity index (χ2v) is 6.08. The Kier molecular flexibility index (Phi) is 5.22. The number of benzene rings is 1. The van der Waals surface area contributed by atoms with Crippen LogP contribution in [0.1, 0.15) is 19.3 Å². The van der Waals surface area contributed by atoms with E-state index in [1.165, 1.54) is 18.2 Å². The Bertz CT molecular complexity index is 413. The molecule has 1 aliphatic heterocycles. The molecule has 2 nitrogen and oxygen atoms in total. The zero-order valence-corrected chi connectivity index (χ0v) is 12.3. The van der Waals surface area contributed by atoms with Crippen molar-refractivity contribution in [2.45, 2.75) is 24.2 Å². The van der Waals surface area contributed by atoms with E-state index in [4.69, 9.17) is 23.2 Å². The molecule has 0 radical (unpaired) electrons. The van der Waals surface area contributed by atoms with E-state index < -0.39 is 0 Å². The van der Waals surface area contributed by atoms with Gasteiger partial charge in [0.05, 0.1) is 15.8 Å². The number of hydrogen-bond acceptors (Lipinski definition) is 2. The summed E-state index contributed by atoms with van der Waals surface area (Å²) in [6.45, 7) is 1.77. The minimum Gasteiger partial charge on any atom is -0.342 e. The molecule has 1 amide bonds. The van der Waals surface area contributed by atoms with Gasteiger partial charge < -0.3 is 4.90 Å². The molecule has 1 aliphatic rings. The normalized spacial score (nSPS) is 15.8. The molecule has 0 aromatic heterocycles. The van der Waals surface area contributed by atoms with Crippen LogP contribution >= 0.6 is 35.0 Å². The van der Waals surface area contributed by atoms with Crippen LogP contribution in [0.3, 0.4) is 0 Å². The van der Waals surface area contributed by atoms with Crippen LogP contribution in [-0.4, -0.2) is 29.6 Å². The first-order valence-corrected chi connectivity index (χ1v) is 7.77. The molecule has 1 saturated heterocycles. The van der Waals surface area contributed by atoms with Crippen LogP contribution in [0.5, 0.6) is 0 Å². The fourth-order valence-electron chi connectivity index (χ4n) is 1.99. The number of hydrogen-bond donors (Lipinski definition) is 0. The zero-order chi connectivity index (χ0) is 13.0. The van der Waals surface area contributed by atoms with Crippen molar-refractivity contribution in [1.29, 1.82) is 0 Å². The van der Waals surface area contributed by atoms with Gasteiger partial charge in [-0.1, -0.05) is 29.3 Å². The van der Waals surface area contributed by atoms with Crippen molar-refractivity contribution in [3.8, 4) is 0 Å². The van der Waals surface area contributed by atoms with E-state index in [1.54, 1.807) is 18.2 Å². The largest absolute Gasteiger partial charge is 0.342 e. The minimum absolute atomic E-state index is 0.177. The Morgan fingerprint density at radius 1 is 1.17 bits per heavy atom. The standard InChI is InChI=1S/C13H15Cl2NOS/c14-10-5-4-6-11(15)13(10)18-9-12(17)16-7-2-1-3-8-16/h4-6H,1-3,7-9H2. The molecular formula is C13H15Cl2NOS. The van der Waals surface area contributed by atoms with Crippen molar-refractivity contribution in [3.63, 3.8) is 0 Å². The lowest BCUT2D eigenvalue weighted by Gasteiger charge is -2.26. The monoisotopic (exact) mass is 303 g/mol. The zero-order valence-electron chi connectivity index (χ0n) is 9.99. The molecule has 0 aliphatic carbocycles. The fourth-order valence-corrected chi connectivity index (χ4v) is 3.58. The van der Waals surface area contributed by atoms with E-state index >= 15 is 0 Å². The molecule has 0 N–H and O–H groups in total. The van der Waals surface area contributed by atoms with E-state index in [0.717, 1.165) is 30.8 Å². The van der Waals surface area contributed by atoms with Crippen molar-refractivity contribution < 1.29 is 4.79 Å². The molecule has 0 bridgehead atoms. The van der Waals surface area contributed by atoms with Gasteiger partial charge in [0, 0.05) is 18.0 Å². The molecule has 1 fully saturated rings. The summed E-state index contributed by atoms with van der Waals surface area (Å²) in [5, 5.41) is 1.22. The smallest absolute Gasteiger partial charge is 0.232 e. The maximum atomic E-state index is 12.0. The van der Waals surface area contributed by atoms with Gasteiger partial charge in [-0.05, 0) is 31.4 Å². The Morgan fingerprint density at radius 2 is 1.78 bits per heavy atom. The average molecular weight is 304 g/mol. The van der Waals surface area contributed by atoms with Crippen molar-refractivity contribution in [3.05, 3.63) is 28.2 Å². The molecule has 18 heavy (non-hydrogen) atoms. The predicted octanol–water partition coefficient (Wildman–Crippen LogP) is 4.10. The second kappa shape index (κ2) is 6.69. The summed E-state index contributed by atoms with van der Waals surface area (Å²) in [4.78, 5) is 14.7. The molecular weight excluding hydrogens is 289 g/mol. The van der Waals surface area contributed by atoms with Gasteiger partial charge in [0.2, 0.25) is 5.91 Å². The molecule has 0 spiro atoms. The van der Waals surface area contributed by atoms with E-state index in [1.807, 2.05) is 4.90 Å². The van der Waals surface area contributed by atoms with Crippen molar-refractivity contribution in [2.24, 2.45) is 0 Å². The average Bonchev–Trinajstić information content (AvgIpc) is 2.39. The number of thioether (sulfide) groups is 1. The van der Waals surface area contributed by atoms with Gasteiger partial charge in [0.1, 0.15) is 0 Å². The van der Waals surface area contributed by atoms with Gasteiger partial charge in [-0.25, -0.2) is 0 Å². The number of rotatable bonds is 3. The first-order chi connectivity index (χ1) is 8.68. The lowest BCUT2D eigenvalue weighted by molar-refractivity contribution is -0.129. The van der Waals surface area contributed by atoms with Crippen LogP contribution in [0.4, 0.5) is 0 Å². The summed E-state index contributed by atoms with van der Waals surface area (Å²) in [6, 6.07) is 5.39. The number of piperidine rings is 1. The number of halogens is 2. The Balaban J connectivity index is 1.92. The number of carbonyl (C=O) groups is 1. The molecule has 1 aromatic carbocycles. The van der Waals surface area contributed by atoms with Crippen LogP contribution in [0.2, 0.25) is 10.0 Å². The molecule has 98 valence electrons. The summed E-state index contributed by atoms with van der Waals surface area (Å²) < 4.78 is 0. The molecule has 0 atom stereocenters. The lowest BCUT2D eigenvalue weighted by Crippen LogP contribution is -2.36. The quantitative estimate of drug-likeness (QED) is 0.784. The van der Waals surface area contributed by atoms with Gasteiger partial charge in [0.25, 0.3) is 0 Å². The molecule has 1 aromatic rings. The summed E-state index contributed by atoms with van der Waals surface area (Å²) in [6.07, 6.45) is 3.46. The van der Waals surface area contributed by atoms with Gasteiger partial charge in [-0.2, -0.15) is 0 Å². The maximum absolute atomic E-state index is 12.0. The summed E-state index contributed by atoms with van der Waals surface area (Å²) in [5.41, 5.74) is 0. The summed E-state index contributed by atoms with van der Waals surface area (Å²) >= 11 is 13.6. The van der Waals surface area contributed by atoms with Crippen LogP contribution in [0, 0.1) is 0 Å². The molecule has 5 heteroatoms. The fraction of sp³-hybridized carbons (Fsp3) is 0.462. The van der Waals surface area contributed by atoms with E-state index in [2.05, 4.69) is 0 Å². The number of likely N-dealkylation sites (tertiary alicyclic amines) is 1. The molecule has 1 heterocycles. The van der Waals surface area contributed by atoms with Crippen LogP contribution in [-0.2, 0) is 4.79 Å². The third kappa shape index (κ3) is 3.56. The molecule has 2 rings (SSSR count). The highest BCUT2D eigenvalue weighted by Crippen LogP contribution is 2.33. The van der Waals surface area contributed by atoms with E-state index in [-0.39, 0.29) is 5.91 Å². The molecule has 0 saturated carbocycles. The number of nitrogens with zero attached hydrogens (tertiary/aromatic N) is 1. The maximum Gasteiger partial charge on any atom is 0.232 e. The molecule has 0 unspecified atom stereocenters.